The van der Waals surface area contributed by atoms with E-state index in [1.807, 2.05) is 91.0 Å². The van der Waals surface area contributed by atoms with E-state index in [1.165, 1.54) is 11.3 Å². The van der Waals surface area contributed by atoms with Crippen molar-refractivity contribution in [1.29, 1.82) is 0 Å². The number of aromatic nitrogens is 1. The fraction of sp³-hybridized carbons (Fsp3) is 0.233. The van der Waals surface area contributed by atoms with Crippen LogP contribution in [-0.2, 0) is 54.0 Å². The maximum absolute atomic E-state index is 14.1. The Kier molecular flexibility index (Phi) is 11.4. The number of hydrogen-bond acceptors (Lipinski definition) is 8. The van der Waals surface area contributed by atoms with Gasteiger partial charge in [0, 0.05) is 5.38 Å². The summed E-state index contributed by atoms with van der Waals surface area (Å²) in [4.78, 5) is 29.7. The number of thiazole rings is 1. The van der Waals surface area contributed by atoms with Crippen molar-refractivity contribution in [3.05, 3.63) is 119 Å². The number of nitrogens with one attached hydrogen (secondary N) is 2. The van der Waals surface area contributed by atoms with Crippen LogP contribution in [0.5, 0.6) is 0 Å². The van der Waals surface area contributed by atoms with E-state index in [4.69, 9.17) is 13.8 Å². The number of hydrogen-bond donors (Lipinski definition) is 2. The third kappa shape index (κ3) is 10.0. The summed E-state index contributed by atoms with van der Waals surface area (Å²) in [6, 6.07) is 27.0. The molecule has 2 N–H and O–H groups in total. The van der Waals surface area contributed by atoms with E-state index in [0.29, 0.717) is 10.8 Å². The molecule has 4 rings (SSSR count). The Labute approximate surface area is 243 Å². The Balaban J connectivity index is 1.53. The number of benzene rings is 3. The lowest BCUT2D eigenvalue weighted by molar-refractivity contribution is -0.142. The van der Waals surface area contributed by atoms with Gasteiger partial charge in [-0.25, -0.2) is 14.6 Å². The lowest BCUT2D eigenvalue weighted by Crippen LogP contribution is -2.41. The Morgan fingerprint density at radius 2 is 1.39 bits per heavy atom. The third-order valence-corrected chi connectivity index (χ3v) is 8.19. The molecule has 1 unspecified atom stereocenters. The first-order valence-electron chi connectivity index (χ1n) is 13.1. The molecule has 0 bridgehead atoms. The van der Waals surface area contributed by atoms with Gasteiger partial charge in [-0.05, 0) is 30.0 Å². The highest BCUT2D eigenvalue weighted by Crippen LogP contribution is 2.46. The number of carbonyl (C=O) groups excluding carboxylic acids is 2. The topological polar surface area (TPSA) is 116 Å². The smallest absolute Gasteiger partial charge is 0.406 e. The first-order valence-corrected chi connectivity index (χ1v) is 15.5. The molecule has 41 heavy (non-hydrogen) atoms. The molecular weight excluding hydrogens is 561 g/mol. The Hall–Kier alpha value is -3.66. The molecule has 4 aromatic rings. The number of esters is 1. The zero-order valence-electron chi connectivity index (χ0n) is 22.6. The van der Waals surface area contributed by atoms with Crippen molar-refractivity contribution in [3.63, 3.8) is 0 Å². The first-order chi connectivity index (χ1) is 19.9. The third-order valence-electron chi connectivity index (χ3n) is 5.81. The second-order valence-corrected chi connectivity index (χ2v) is 11.6. The first kappa shape index (κ1) is 30.3. The van der Waals surface area contributed by atoms with E-state index >= 15 is 0 Å². The van der Waals surface area contributed by atoms with Gasteiger partial charge in [0.25, 0.3) is 0 Å². The van der Waals surface area contributed by atoms with Crippen LogP contribution in [0.4, 0.5) is 5.13 Å². The molecule has 0 radical (unpaired) electrons. The van der Waals surface area contributed by atoms with Crippen LogP contribution >= 0.6 is 19.1 Å². The van der Waals surface area contributed by atoms with E-state index < -0.39 is 25.7 Å². The number of amides is 1. The summed E-state index contributed by atoms with van der Waals surface area (Å²) < 4.78 is 30.8. The molecule has 1 aromatic heterocycles. The van der Waals surface area contributed by atoms with Gasteiger partial charge in [0.05, 0.1) is 31.9 Å². The van der Waals surface area contributed by atoms with Gasteiger partial charge in [-0.1, -0.05) is 91.0 Å². The molecule has 1 heterocycles. The van der Waals surface area contributed by atoms with Gasteiger partial charge >= 0.3 is 13.7 Å². The lowest BCUT2D eigenvalue weighted by atomic mass is 10.1. The summed E-state index contributed by atoms with van der Waals surface area (Å²) in [6.07, 6.45) is 0.211. The molecule has 3 aromatic carbocycles. The van der Waals surface area contributed by atoms with Crippen LogP contribution in [0.15, 0.2) is 96.4 Å². The summed E-state index contributed by atoms with van der Waals surface area (Å²) in [6.45, 7) is 2.04. The van der Waals surface area contributed by atoms with Crippen molar-refractivity contribution in [3.8, 4) is 0 Å². The quantitative estimate of drug-likeness (QED) is 0.129. The van der Waals surface area contributed by atoms with E-state index in [2.05, 4.69) is 15.4 Å². The lowest BCUT2D eigenvalue weighted by Gasteiger charge is -2.25. The molecule has 0 saturated carbocycles. The van der Waals surface area contributed by atoms with Crippen molar-refractivity contribution in [1.82, 2.24) is 10.1 Å². The van der Waals surface area contributed by atoms with Crippen LogP contribution in [0.25, 0.3) is 0 Å². The number of carbonyl (C=O) groups is 2. The molecule has 0 aliphatic heterocycles. The molecule has 9 nitrogen and oxygen atoms in total. The average Bonchev–Trinajstić information content (AvgIpc) is 3.43. The summed E-state index contributed by atoms with van der Waals surface area (Å²) >= 11 is 1.18. The van der Waals surface area contributed by atoms with Gasteiger partial charge in [0.2, 0.25) is 5.91 Å². The van der Waals surface area contributed by atoms with Crippen molar-refractivity contribution >= 4 is 36.1 Å². The van der Waals surface area contributed by atoms with Gasteiger partial charge in [-0.2, -0.15) is 0 Å². The number of rotatable bonds is 15. The Morgan fingerprint density at radius 1 is 0.854 bits per heavy atom. The number of anilines is 1. The van der Waals surface area contributed by atoms with Crippen molar-refractivity contribution in [2.24, 2.45) is 0 Å². The van der Waals surface area contributed by atoms with Crippen LogP contribution in [0.3, 0.4) is 0 Å². The molecular formula is C30H32N3O6PS. The number of ether oxygens (including phenoxy) is 1. The van der Waals surface area contributed by atoms with Gasteiger partial charge in [-0.15, -0.1) is 11.3 Å². The summed E-state index contributed by atoms with van der Waals surface area (Å²) in [5, 5.41) is 7.67. The normalized spacial score (nSPS) is 12.0. The van der Waals surface area contributed by atoms with Crippen LogP contribution in [0.1, 0.15) is 29.3 Å². The van der Waals surface area contributed by atoms with E-state index in [0.717, 1.165) is 16.7 Å². The van der Waals surface area contributed by atoms with Crippen molar-refractivity contribution in [2.75, 3.05) is 11.9 Å². The minimum Gasteiger partial charge on any atom is -0.466 e. The SMILES string of the molecule is CCOC(=O)Cc1csc(NC(=O)C(Cc2ccccc2)NP(=O)(OCc2ccccc2)OCc2ccccc2)n1. The highest BCUT2D eigenvalue weighted by atomic mass is 32.1. The molecule has 0 spiro atoms. The zero-order chi connectivity index (χ0) is 28.9. The maximum atomic E-state index is 14.1. The predicted molar refractivity (Wildman–Crippen MR) is 158 cm³/mol. The standard InChI is InChI=1S/C30H32N3O6PS/c1-2-37-28(34)19-26-22-41-30(31-26)32-29(35)27(18-23-12-6-3-7-13-23)33-40(36,38-20-24-14-8-4-9-15-24)39-21-25-16-10-5-11-17-25/h3-17,22,27H,2,18-21H2,1H3,(H,33,36)(H,31,32,35). The molecule has 0 aliphatic rings. The molecule has 0 aliphatic carbocycles. The fourth-order valence-electron chi connectivity index (χ4n) is 3.81. The molecule has 0 fully saturated rings. The second kappa shape index (κ2) is 15.4. The molecule has 1 amide bonds. The Morgan fingerprint density at radius 3 is 1.93 bits per heavy atom. The molecule has 214 valence electrons. The fourth-order valence-corrected chi connectivity index (χ4v) is 5.98. The zero-order valence-corrected chi connectivity index (χ0v) is 24.3. The maximum Gasteiger partial charge on any atom is 0.406 e. The largest absolute Gasteiger partial charge is 0.466 e. The van der Waals surface area contributed by atoms with Gasteiger partial charge in [0.1, 0.15) is 6.04 Å². The van der Waals surface area contributed by atoms with Gasteiger partial charge in [-0.3, -0.25) is 18.6 Å². The Bertz CT molecular complexity index is 1390. The van der Waals surface area contributed by atoms with Gasteiger partial charge in [0.15, 0.2) is 5.13 Å². The van der Waals surface area contributed by atoms with E-state index in [1.54, 1.807) is 12.3 Å². The van der Waals surface area contributed by atoms with E-state index in [-0.39, 0.29) is 32.7 Å². The van der Waals surface area contributed by atoms with Crippen LogP contribution in [-0.4, -0.2) is 29.5 Å². The second-order valence-electron chi connectivity index (χ2n) is 9.00. The highest BCUT2D eigenvalue weighted by molar-refractivity contribution is 7.51. The van der Waals surface area contributed by atoms with Crippen LogP contribution in [0, 0.1) is 0 Å². The summed E-state index contributed by atoms with van der Waals surface area (Å²) in [7, 11) is -4.01. The highest BCUT2D eigenvalue weighted by Gasteiger charge is 2.33. The molecule has 1 atom stereocenters. The van der Waals surface area contributed by atoms with Crippen molar-refractivity contribution in [2.45, 2.75) is 39.0 Å². The van der Waals surface area contributed by atoms with E-state index in [9.17, 15) is 14.2 Å². The van der Waals surface area contributed by atoms with Crippen LogP contribution < -0.4 is 10.4 Å². The average molecular weight is 594 g/mol. The van der Waals surface area contributed by atoms with Gasteiger partial charge < -0.3 is 10.1 Å². The predicted octanol–water partition coefficient (Wildman–Crippen LogP) is 5.93. The number of nitrogens with zero attached hydrogens (tertiary/aromatic N) is 1. The monoisotopic (exact) mass is 593 g/mol. The van der Waals surface area contributed by atoms with Crippen molar-refractivity contribution < 1.29 is 27.9 Å². The minimum absolute atomic E-state index is 0.00174. The summed E-state index contributed by atoms with van der Waals surface area (Å²) in [5.41, 5.74) is 2.94. The molecule has 11 heteroatoms. The summed E-state index contributed by atoms with van der Waals surface area (Å²) in [5.74, 6) is -0.871. The minimum atomic E-state index is -4.01. The molecule has 0 saturated heterocycles. The van der Waals surface area contributed by atoms with Crippen LogP contribution in [0.2, 0.25) is 0 Å².